The molecule has 5 nitrogen and oxygen atoms in total. The van der Waals surface area contributed by atoms with Gasteiger partial charge in [-0.05, 0) is 55.6 Å². The van der Waals surface area contributed by atoms with Crippen molar-refractivity contribution in [1.29, 1.82) is 0 Å². The summed E-state index contributed by atoms with van der Waals surface area (Å²) in [5, 5.41) is 2.73. The predicted octanol–water partition coefficient (Wildman–Crippen LogP) is 3.83. The molecule has 0 spiro atoms. The molecule has 0 saturated heterocycles. The van der Waals surface area contributed by atoms with Gasteiger partial charge in [-0.15, -0.1) is 11.8 Å². The molecule has 0 aliphatic heterocycles. The summed E-state index contributed by atoms with van der Waals surface area (Å²) in [6.07, 6.45) is 1.88. The van der Waals surface area contributed by atoms with Crippen LogP contribution < -0.4 is 10.1 Å². The van der Waals surface area contributed by atoms with Crippen LogP contribution in [-0.4, -0.2) is 30.3 Å². The minimum absolute atomic E-state index is 0.0218. The zero-order chi connectivity index (χ0) is 18.4. The van der Waals surface area contributed by atoms with Gasteiger partial charge in [0.2, 0.25) is 5.91 Å². The van der Waals surface area contributed by atoms with Crippen LogP contribution in [0.3, 0.4) is 0 Å². The molecule has 0 heterocycles. The summed E-state index contributed by atoms with van der Waals surface area (Å²) in [6, 6.07) is 11.8. The number of rotatable bonds is 7. The predicted molar refractivity (Wildman–Crippen MR) is 98.8 cm³/mol. The highest BCUT2D eigenvalue weighted by Crippen LogP contribution is 2.27. The Hall–Kier alpha value is -2.60. The van der Waals surface area contributed by atoms with Gasteiger partial charge in [0.25, 0.3) is 0 Å². The Morgan fingerprint density at radius 1 is 1.00 bits per heavy atom. The fraction of sp³-hybridized carbons (Fsp3) is 0.211. The molecule has 1 N–H and O–H groups in total. The molecule has 0 atom stereocenters. The Morgan fingerprint density at radius 3 is 2.20 bits per heavy atom. The smallest absolute Gasteiger partial charge is 0.221 e. The maximum Gasteiger partial charge on any atom is 0.221 e. The number of anilines is 1. The van der Waals surface area contributed by atoms with Gasteiger partial charge in [0.15, 0.2) is 18.2 Å². The Bertz CT molecular complexity index is 800. The van der Waals surface area contributed by atoms with Crippen LogP contribution >= 0.6 is 11.8 Å². The fourth-order valence-corrected chi connectivity index (χ4v) is 2.76. The van der Waals surface area contributed by atoms with Crippen molar-refractivity contribution < 1.29 is 19.1 Å². The summed E-state index contributed by atoms with van der Waals surface area (Å²) in [6.45, 7) is 2.83. The third-order valence-electron chi connectivity index (χ3n) is 3.46. The fourth-order valence-electron chi connectivity index (χ4n) is 2.18. The first-order valence-electron chi connectivity index (χ1n) is 7.63. The summed E-state index contributed by atoms with van der Waals surface area (Å²) in [5.41, 5.74) is 1.79. The van der Waals surface area contributed by atoms with Crippen molar-refractivity contribution in [2.24, 2.45) is 0 Å². The molecule has 6 heteroatoms. The number of Topliss-reactive ketones (excluding diaryl/α,β-unsaturated/α-hetero) is 2. The standard InChI is InChI=1S/C19H19NO4S/c1-12(21)14-4-7-16(8-5-14)24-11-18(23)15-6-9-17(20-13(2)22)19(10-15)25-3/h4-10H,11H2,1-3H3,(H,20,22). The van der Waals surface area contributed by atoms with Crippen LogP contribution in [0.2, 0.25) is 0 Å². The molecule has 0 fully saturated rings. The van der Waals surface area contributed by atoms with Crippen LogP contribution in [0.1, 0.15) is 34.6 Å². The summed E-state index contributed by atoms with van der Waals surface area (Å²) in [4.78, 5) is 35.6. The third-order valence-corrected chi connectivity index (χ3v) is 4.24. The van der Waals surface area contributed by atoms with E-state index < -0.39 is 0 Å². The van der Waals surface area contributed by atoms with Crippen LogP contribution in [0, 0.1) is 0 Å². The molecule has 0 radical (unpaired) electrons. The highest BCUT2D eigenvalue weighted by atomic mass is 32.2. The molecule has 0 aromatic heterocycles. The molecule has 0 aliphatic carbocycles. The summed E-state index contributed by atoms with van der Waals surface area (Å²) in [7, 11) is 0. The van der Waals surface area contributed by atoms with Crippen LogP contribution in [0.4, 0.5) is 5.69 Å². The van der Waals surface area contributed by atoms with E-state index in [1.54, 1.807) is 42.5 Å². The molecule has 2 rings (SSSR count). The van der Waals surface area contributed by atoms with Gasteiger partial charge in [-0.2, -0.15) is 0 Å². The molecule has 0 unspecified atom stereocenters. The number of amides is 1. The maximum absolute atomic E-state index is 12.3. The minimum Gasteiger partial charge on any atom is -0.485 e. The van der Waals surface area contributed by atoms with Crippen molar-refractivity contribution in [2.45, 2.75) is 18.7 Å². The van der Waals surface area contributed by atoms with Gasteiger partial charge >= 0.3 is 0 Å². The number of thioether (sulfide) groups is 1. The van der Waals surface area contributed by atoms with Crippen LogP contribution in [0.5, 0.6) is 5.75 Å². The van der Waals surface area contributed by atoms with E-state index in [-0.39, 0.29) is 24.1 Å². The lowest BCUT2D eigenvalue weighted by Gasteiger charge is -2.10. The second kappa shape index (κ2) is 8.48. The first-order valence-corrected chi connectivity index (χ1v) is 8.86. The Balaban J connectivity index is 2.05. The lowest BCUT2D eigenvalue weighted by atomic mass is 10.1. The summed E-state index contributed by atoms with van der Waals surface area (Å²) < 4.78 is 5.49. The van der Waals surface area contributed by atoms with Gasteiger partial charge in [-0.25, -0.2) is 0 Å². The van der Waals surface area contributed by atoms with E-state index >= 15 is 0 Å². The van der Waals surface area contributed by atoms with Gasteiger partial charge < -0.3 is 10.1 Å². The van der Waals surface area contributed by atoms with Gasteiger partial charge in [0.05, 0.1) is 5.69 Å². The van der Waals surface area contributed by atoms with Gasteiger partial charge in [0.1, 0.15) is 5.75 Å². The van der Waals surface area contributed by atoms with E-state index in [1.807, 2.05) is 6.26 Å². The Kier molecular flexibility index (Phi) is 6.36. The number of hydrogen-bond donors (Lipinski definition) is 1. The van der Waals surface area contributed by atoms with E-state index in [9.17, 15) is 14.4 Å². The minimum atomic E-state index is -0.166. The quantitative estimate of drug-likeness (QED) is 0.602. The topological polar surface area (TPSA) is 72.5 Å². The number of carbonyl (C=O) groups excluding carboxylic acids is 3. The number of carbonyl (C=O) groups is 3. The highest BCUT2D eigenvalue weighted by Gasteiger charge is 2.11. The molecular weight excluding hydrogens is 338 g/mol. The van der Waals surface area contributed by atoms with Gasteiger partial charge in [0, 0.05) is 22.9 Å². The Morgan fingerprint density at radius 2 is 1.64 bits per heavy atom. The number of benzene rings is 2. The van der Waals surface area contributed by atoms with Crippen molar-refractivity contribution in [3.8, 4) is 5.75 Å². The van der Waals surface area contributed by atoms with E-state index in [0.717, 1.165) is 4.90 Å². The highest BCUT2D eigenvalue weighted by molar-refractivity contribution is 7.98. The van der Waals surface area contributed by atoms with Crippen LogP contribution in [0.15, 0.2) is 47.4 Å². The molecule has 0 saturated carbocycles. The molecule has 130 valence electrons. The van der Waals surface area contributed by atoms with Gasteiger partial charge in [-0.3, -0.25) is 14.4 Å². The molecule has 0 bridgehead atoms. The van der Waals surface area contributed by atoms with E-state index in [0.29, 0.717) is 22.6 Å². The first kappa shape index (κ1) is 18.7. The summed E-state index contributed by atoms with van der Waals surface area (Å²) >= 11 is 1.45. The lowest BCUT2D eigenvalue weighted by Crippen LogP contribution is -2.13. The molecular formula is C19H19NO4S. The van der Waals surface area contributed by atoms with E-state index in [2.05, 4.69) is 5.32 Å². The average molecular weight is 357 g/mol. The molecule has 25 heavy (non-hydrogen) atoms. The SMILES string of the molecule is CSc1cc(C(=O)COc2ccc(C(C)=O)cc2)ccc1NC(C)=O. The molecule has 2 aromatic rings. The van der Waals surface area contributed by atoms with Crippen molar-refractivity contribution in [3.05, 3.63) is 53.6 Å². The monoisotopic (exact) mass is 357 g/mol. The first-order chi connectivity index (χ1) is 11.9. The number of ketones is 2. The van der Waals surface area contributed by atoms with Crippen molar-refractivity contribution in [1.82, 2.24) is 0 Å². The largest absolute Gasteiger partial charge is 0.485 e. The molecule has 2 aromatic carbocycles. The molecule has 1 amide bonds. The normalized spacial score (nSPS) is 10.2. The maximum atomic E-state index is 12.3. The molecule has 0 aliphatic rings. The lowest BCUT2D eigenvalue weighted by molar-refractivity contribution is -0.114. The van der Waals surface area contributed by atoms with Crippen LogP contribution in [-0.2, 0) is 4.79 Å². The van der Waals surface area contributed by atoms with E-state index in [1.165, 1.54) is 25.6 Å². The summed E-state index contributed by atoms with van der Waals surface area (Å²) in [5.74, 6) is 0.178. The van der Waals surface area contributed by atoms with E-state index in [4.69, 9.17) is 4.74 Å². The zero-order valence-electron chi connectivity index (χ0n) is 14.3. The van der Waals surface area contributed by atoms with Crippen molar-refractivity contribution >= 4 is 34.9 Å². The van der Waals surface area contributed by atoms with Gasteiger partial charge in [-0.1, -0.05) is 0 Å². The Labute approximate surface area is 150 Å². The number of ether oxygens (including phenoxy) is 1. The zero-order valence-corrected chi connectivity index (χ0v) is 15.1. The second-order valence-electron chi connectivity index (χ2n) is 5.39. The van der Waals surface area contributed by atoms with Crippen LogP contribution in [0.25, 0.3) is 0 Å². The second-order valence-corrected chi connectivity index (χ2v) is 6.24. The van der Waals surface area contributed by atoms with Crippen molar-refractivity contribution in [2.75, 3.05) is 18.2 Å². The average Bonchev–Trinajstić information content (AvgIpc) is 2.59. The third kappa shape index (κ3) is 5.19. The number of nitrogens with one attached hydrogen (secondary N) is 1. The van der Waals surface area contributed by atoms with Crippen molar-refractivity contribution in [3.63, 3.8) is 0 Å². The number of hydrogen-bond acceptors (Lipinski definition) is 5.